The van der Waals surface area contributed by atoms with Gasteiger partial charge in [0, 0.05) is 12.6 Å². The van der Waals surface area contributed by atoms with Crippen molar-refractivity contribution in [2.75, 3.05) is 6.54 Å². The smallest absolute Gasteiger partial charge is 0.0351 e. The molecule has 86 valence electrons. The fraction of sp³-hybridized carbons (Fsp3) is 0.600. The van der Waals surface area contributed by atoms with Gasteiger partial charge in [0.05, 0.1) is 0 Å². The minimum Gasteiger partial charge on any atom is -0.309 e. The van der Waals surface area contributed by atoms with Crippen LogP contribution in [-0.4, -0.2) is 6.54 Å². The van der Waals surface area contributed by atoms with E-state index in [1.165, 1.54) is 12.8 Å². The van der Waals surface area contributed by atoms with Gasteiger partial charge >= 0.3 is 0 Å². The summed E-state index contributed by atoms with van der Waals surface area (Å²) < 4.78 is 0. The molecule has 1 aromatic rings. The molecule has 1 N–H and O–H groups in total. The monoisotopic (exact) mass is 215 g/mol. The molecule has 1 heteroatoms. The molecule has 2 unspecified atom stereocenters. The van der Waals surface area contributed by atoms with Crippen LogP contribution in [0.3, 0.4) is 0 Å². The third kappa shape index (κ3) is 1.67. The van der Waals surface area contributed by atoms with Crippen LogP contribution < -0.4 is 5.32 Å². The average molecular weight is 215 g/mol. The minimum absolute atomic E-state index is 0.645. The highest BCUT2D eigenvalue weighted by molar-refractivity contribution is 5.37. The molecule has 1 saturated carbocycles. The Labute approximate surface area is 98.3 Å². The molecule has 1 nitrogen and oxygen atoms in total. The first-order valence-electron chi connectivity index (χ1n) is 6.59. The minimum atomic E-state index is 0.645. The summed E-state index contributed by atoms with van der Waals surface area (Å²) in [5, 5.41) is 3.77. The lowest BCUT2D eigenvalue weighted by atomic mass is 9.79. The molecule has 0 spiro atoms. The van der Waals surface area contributed by atoms with E-state index in [0.29, 0.717) is 12.0 Å². The number of fused-ring (bicyclic) bond motifs is 1. The molecule has 0 radical (unpaired) electrons. The number of nitrogens with one attached hydrogen (secondary N) is 1. The lowest BCUT2D eigenvalue weighted by Gasteiger charge is -2.35. The number of benzene rings is 1. The van der Waals surface area contributed by atoms with Crippen molar-refractivity contribution >= 4 is 0 Å². The molecule has 0 amide bonds. The van der Waals surface area contributed by atoms with Gasteiger partial charge in [0.25, 0.3) is 0 Å². The third-order valence-corrected chi connectivity index (χ3v) is 4.19. The Bertz CT molecular complexity index is 350. The molecule has 1 heterocycles. The van der Waals surface area contributed by atoms with Gasteiger partial charge in [-0.25, -0.2) is 0 Å². The van der Waals surface area contributed by atoms with Crippen LogP contribution in [0.1, 0.15) is 49.8 Å². The standard InChI is InChI=1S/C15H21N/c1-10(2)14-9-16-15(11-7-8-11)13-6-4-3-5-12(13)14/h3-6,10-11,14-16H,7-9H2,1-2H3. The molecule has 3 rings (SSSR count). The highest BCUT2D eigenvalue weighted by atomic mass is 14.9. The normalized spacial score (nSPS) is 29.2. The van der Waals surface area contributed by atoms with Crippen LogP contribution in [0.5, 0.6) is 0 Å². The molecule has 0 bridgehead atoms. The van der Waals surface area contributed by atoms with Crippen LogP contribution in [-0.2, 0) is 0 Å². The van der Waals surface area contributed by atoms with E-state index >= 15 is 0 Å². The van der Waals surface area contributed by atoms with Crippen LogP contribution in [0.4, 0.5) is 0 Å². The Balaban J connectivity index is 1.98. The van der Waals surface area contributed by atoms with E-state index in [1.807, 2.05) is 0 Å². The SMILES string of the molecule is CC(C)C1CNC(C2CC2)c2ccccc21. The van der Waals surface area contributed by atoms with Gasteiger partial charge in [0.15, 0.2) is 0 Å². The Hall–Kier alpha value is -0.820. The summed E-state index contributed by atoms with van der Waals surface area (Å²) >= 11 is 0. The Morgan fingerprint density at radius 3 is 2.44 bits per heavy atom. The van der Waals surface area contributed by atoms with Crippen LogP contribution in [0.2, 0.25) is 0 Å². The van der Waals surface area contributed by atoms with Crippen molar-refractivity contribution in [2.45, 2.75) is 38.6 Å². The first-order valence-corrected chi connectivity index (χ1v) is 6.59. The van der Waals surface area contributed by atoms with Crippen molar-refractivity contribution in [3.05, 3.63) is 35.4 Å². The second-order valence-electron chi connectivity index (χ2n) is 5.70. The molecule has 2 atom stereocenters. The zero-order chi connectivity index (χ0) is 11.1. The summed E-state index contributed by atoms with van der Waals surface area (Å²) in [5.41, 5.74) is 3.18. The van der Waals surface area contributed by atoms with E-state index in [0.717, 1.165) is 18.4 Å². The van der Waals surface area contributed by atoms with Gasteiger partial charge in [-0.2, -0.15) is 0 Å². The van der Waals surface area contributed by atoms with Gasteiger partial charge in [-0.05, 0) is 41.7 Å². The average Bonchev–Trinajstić information content (AvgIpc) is 3.11. The molecule has 1 aliphatic heterocycles. The molecule has 1 aliphatic carbocycles. The topological polar surface area (TPSA) is 12.0 Å². The van der Waals surface area contributed by atoms with E-state index in [9.17, 15) is 0 Å². The third-order valence-electron chi connectivity index (χ3n) is 4.19. The Kier molecular flexibility index (Phi) is 2.51. The maximum absolute atomic E-state index is 3.77. The summed E-state index contributed by atoms with van der Waals surface area (Å²) in [5.74, 6) is 2.34. The summed E-state index contributed by atoms with van der Waals surface area (Å²) in [6.07, 6.45) is 2.83. The van der Waals surface area contributed by atoms with Crippen LogP contribution in [0.25, 0.3) is 0 Å². The van der Waals surface area contributed by atoms with Crippen LogP contribution >= 0.6 is 0 Å². The first-order chi connectivity index (χ1) is 7.77. The second-order valence-corrected chi connectivity index (χ2v) is 5.70. The van der Waals surface area contributed by atoms with Crippen molar-refractivity contribution in [1.29, 1.82) is 0 Å². The van der Waals surface area contributed by atoms with E-state index in [1.54, 1.807) is 11.1 Å². The summed E-state index contributed by atoms with van der Waals surface area (Å²) in [7, 11) is 0. The molecule has 0 saturated heterocycles. The Morgan fingerprint density at radius 1 is 1.12 bits per heavy atom. The zero-order valence-corrected chi connectivity index (χ0v) is 10.2. The van der Waals surface area contributed by atoms with Crippen molar-refractivity contribution < 1.29 is 0 Å². The number of hydrogen-bond acceptors (Lipinski definition) is 1. The predicted octanol–water partition coefficient (Wildman–Crippen LogP) is 3.48. The molecular weight excluding hydrogens is 194 g/mol. The zero-order valence-electron chi connectivity index (χ0n) is 10.2. The van der Waals surface area contributed by atoms with E-state index in [2.05, 4.69) is 43.4 Å². The van der Waals surface area contributed by atoms with Crippen molar-refractivity contribution in [3.63, 3.8) is 0 Å². The number of rotatable bonds is 2. The Morgan fingerprint density at radius 2 is 1.81 bits per heavy atom. The van der Waals surface area contributed by atoms with Gasteiger partial charge in [-0.1, -0.05) is 38.1 Å². The largest absolute Gasteiger partial charge is 0.309 e. The highest BCUT2D eigenvalue weighted by Gasteiger charge is 2.37. The van der Waals surface area contributed by atoms with Crippen LogP contribution in [0.15, 0.2) is 24.3 Å². The lowest BCUT2D eigenvalue weighted by Crippen LogP contribution is -2.36. The molecule has 16 heavy (non-hydrogen) atoms. The molecule has 1 aromatic carbocycles. The molecule has 2 aliphatic rings. The fourth-order valence-corrected chi connectivity index (χ4v) is 3.05. The molecular formula is C15H21N. The lowest BCUT2D eigenvalue weighted by molar-refractivity contribution is 0.370. The fourth-order valence-electron chi connectivity index (χ4n) is 3.05. The van der Waals surface area contributed by atoms with Crippen molar-refractivity contribution in [1.82, 2.24) is 5.32 Å². The first kappa shape index (κ1) is 10.3. The van der Waals surface area contributed by atoms with Crippen molar-refractivity contribution in [2.24, 2.45) is 11.8 Å². The van der Waals surface area contributed by atoms with Crippen molar-refractivity contribution in [3.8, 4) is 0 Å². The van der Waals surface area contributed by atoms with Gasteiger partial charge in [0.2, 0.25) is 0 Å². The van der Waals surface area contributed by atoms with Crippen LogP contribution in [0, 0.1) is 11.8 Å². The molecule has 1 fully saturated rings. The van der Waals surface area contributed by atoms with Gasteiger partial charge in [0.1, 0.15) is 0 Å². The second kappa shape index (κ2) is 3.89. The van der Waals surface area contributed by atoms with E-state index in [4.69, 9.17) is 0 Å². The van der Waals surface area contributed by atoms with Gasteiger partial charge in [-0.15, -0.1) is 0 Å². The van der Waals surface area contributed by atoms with Gasteiger partial charge < -0.3 is 5.32 Å². The van der Waals surface area contributed by atoms with E-state index < -0.39 is 0 Å². The maximum Gasteiger partial charge on any atom is 0.0351 e. The maximum atomic E-state index is 3.77. The van der Waals surface area contributed by atoms with E-state index in [-0.39, 0.29) is 0 Å². The predicted molar refractivity (Wildman–Crippen MR) is 67.5 cm³/mol. The van der Waals surface area contributed by atoms with Gasteiger partial charge in [-0.3, -0.25) is 0 Å². The summed E-state index contributed by atoms with van der Waals surface area (Å²) in [6, 6.07) is 9.71. The highest BCUT2D eigenvalue weighted by Crippen LogP contribution is 2.45. The number of hydrogen-bond donors (Lipinski definition) is 1. The summed E-state index contributed by atoms with van der Waals surface area (Å²) in [6.45, 7) is 5.83. The molecule has 0 aromatic heterocycles. The summed E-state index contributed by atoms with van der Waals surface area (Å²) in [4.78, 5) is 0. The quantitative estimate of drug-likeness (QED) is 0.796.